The van der Waals surface area contributed by atoms with Gasteiger partial charge in [0.05, 0.1) is 34.7 Å². The van der Waals surface area contributed by atoms with E-state index in [-0.39, 0.29) is 0 Å². The molecule has 2 heterocycles. The summed E-state index contributed by atoms with van der Waals surface area (Å²) in [6.07, 6.45) is 3.40. The van der Waals surface area contributed by atoms with Crippen LogP contribution in [0.2, 0.25) is 0 Å². The van der Waals surface area contributed by atoms with Gasteiger partial charge in [-0.2, -0.15) is 0 Å². The van der Waals surface area contributed by atoms with Gasteiger partial charge in [-0.1, -0.05) is 24.3 Å². The quantitative estimate of drug-likeness (QED) is 0.345. The zero-order valence-corrected chi connectivity index (χ0v) is 16.3. The molecule has 0 amide bonds. The number of aromatic nitrogens is 4. The molecule has 0 atom stereocenters. The van der Waals surface area contributed by atoms with E-state index < -0.39 is 12.3 Å². The molecule has 0 spiro atoms. The van der Waals surface area contributed by atoms with E-state index in [0.29, 0.717) is 0 Å². The number of para-hydroxylation sites is 4. The molecule has 23 heavy (non-hydrogen) atoms. The van der Waals surface area contributed by atoms with Crippen LogP contribution >= 0.6 is 37.2 Å². The maximum absolute atomic E-state index is 5.01. The van der Waals surface area contributed by atoms with E-state index in [1.165, 1.54) is 0 Å². The van der Waals surface area contributed by atoms with Crippen molar-refractivity contribution in [3.8, 4) is 0 Å². The number of nitrogens with zero attached hydrogens (tertiary/aromatic N) is 2. The summed E-state index contributed by atoms with van der Waals surface area (Å²) in [6, 6.07) is 15.9. The van der Waals surface area contributed by atoms with Gasteiger partial charge in [0.25, 0.3) is 0 Å². The zero-order valence-electron chi connectivity index (χ0n) is 11.7. The summed E-state index contributed by atoms with van der Waals surface area (Å²) in [4.78, 5) is 14.1. The molecule has 2 N–H and O–H groups in total. The van der Waals surface area contributed by atoms with Crippen LogP contribution in [0.3, 0.4) is 0 Å². The Morgan fingerprint density at radius 3 is 1.35 bits per heavy atom. The Hall–Kier alpha value is -0.746. The van der Waals surface area contributed by atoms with Crippen LogP contribution in [0.5, 0.6) is 0 Å². The van der Waals surface area contributed by atoms with Crippen LogP contribution in [-0.2, 0) is 12.3 Å². The largest absolute Gasteiger partial charge is 0.345 e. The fraction of sp³-hybridized carbons (Fsp3) is 0. The van der Waals surface area contributed by atoms with Crippen molar-refractivity contribution in [1.82, 2.24) is 19.9 Å². The van der Waals surface area contributed by atoms with Crippen molar-refractivity contribution in [2.45, 2.75) is 0 Å². The molecule has 0 aliphatic carbocycles. The predicted octanol–water partition coefficient (Wildman–Crippen LogP) is 5.88. The Morgan fingerprint density at radius 1 is 0.652 bits per heavy atom. The SMILES string of the molecule is [Cl][Ti]([Cl])([Cl])[Cl].c1ccc2[nH]cnc2c1.c1ccc2[nH]cnc2c1. The standard InChI is InChI=1S/2C7H6N2.4ClH.Ti/c2*1-2-4-7-6(3-1)8-5-9-7;;;;;/h2*1-5H,(H,8,9);4*1H;/q;;;;;;+4/p-4. The van der Waals surface area contributed by atoms with Crippen molar-refractivity contribution in [3.63, 3.8) is 0 Å². The molecule has 4 nitrogen and oxygen atoms in total. The molecule has 0 aliphatic heterocycles. The van der Waals surface area contributed by atoms with Crippen LogP contribution in [0.25, 0.3) is 22.1 Å². The molecule has 2 aromatic carbocycles. The number of halogens is 4. The second-order valence-electron chi connectivity index (χ2n) is 4.27. The van der Waals surface area contributed by atoms with E-state index in [9.17, 15) is 0 Å². The maximum Gasteiger partial charge on any atom is 0.0931 e. The molecule has 0 saturated heterocycles. The van der Waals surface area contributed by atoms with Gasteiger partial charge in [-0.15, -0.1) is 0 Å². The van der Waals surface area contributed by atoms with Crippen molar-refractivity contribution in [3.05, 3.63) is 61.2 Å². The van der Waals surface area contributed by atoms with Crippen molar-refractivity contribution in [1.29, 1.82) is 0 Å². The van der Waals surface area contributed by atoms with Crippen LogP contribution in [0.15, 0.2) is 61.2 Å². The molecular weight excluding hydrogens is 414 g/mol. The molecule has 4 aromatic rings. The number of H-pyrrole nitrogens is 2. The van der Waals surface area contributed by atoms with Gasteiger partial charge >= 0.3 is 49.6 Å². The number of nitrogens with one attached hydrogen (secondary N) is 2. The number of aromatic amines is 2. The normalized spacial score (nSPS) is 10.6. The Balaban J connectivity index is 0.000000132. The Labute approximate surface area is 152 Å². The second-order valence-corrected chi connectivity index (χ2v) is 19.7. The van der Waals surface area contributed by atoms with Gasteiger partial charge in [-0.25, -0.2) is 9.97 Å². The average Bonchev–Trinajstić information content (AvgIpc) is 3.15. The summed E-state index contributed by atoms with van der Waals surface area (Å²) < 4.78 is 0. The Kier molecular flexibility index (Phi) is 7.21. The summed E-state index contributed by atoms with van der Waals surface area (Å²) >= 11 is -3.11. The third-order valence-electron chi connectivity index (χ3n) is 2.66. The minimum atomic E-state index is -3.11. The molecule has 120 valence electrons. The summed E-state index contributed by atoms with van der Waals surface area (Å²) in [7, 11) is 20.1. The first-order valence-electron chi connectivity index (χ1n) is 6.45. The van der Waals surface area contributed by atoms with Gasteiger partial charge in [-0.05, 0) is 24.3 Å². The number of imidazole rings is 2. The first-order chi connectivity index (χ1) is 10.9. The van der Waals surface area contributed by atoms with Crippen LogP contribution in [0.4, 0.5) is 0 Å². The summed E-state index contributed by atoms with van der Waals surface area (Å²) in [6.45, 7) is 0. The van der Waals surface area contributed by atoms with Crippen LogP contribution in [-0.4, -0.2) is 19.9 Å². The summed E-state index contributed by atoms with van der Waals surface area (Å²) in [5, 5.41) is 0. The minimum Gasteiger partial charge on any atom is -0.345 e. The van der Waals surface area contributed by atoms with E-state index in [1.54, 1.807) is 12.7 Å². The van der Waals surface area contributed by atoms with Gasteiger partial charge in [0.2, 0.25) is 0 Å². The van der Waals surface area contributed by atoms with Gasteiger partial charge in [0, 0.05) is 0 Å². The molecule has 4 rings (SSSR count). The molecule has 0 radical (unpaired) electrons. The summed E-state index contributed by atoms with van der Waals surface area (Å²) in [5.74, 6) is 0. The zero-order chi connectivity index (χ0) is 16.7. The van der Waals surface area contributed by atoms with E-state index in [1.807, 2.05) is 48.5 Å². The molecule has 0 unspecified atom stereocenters. The second kappa shape index (κ2) is 8.93. The van der Waals surface area contributed by atoms with E-state index >= 15 is 0 Å². The third-order valence-corrected chi connectivity index (χ3v) is 2.66. The maximum atomic E-state index is 5.01. The fourth-order valence-corrected chi connectivity index (χ4v) is 1.76. The van der Waals surface area contributed by atoms with Crippen molar-refractivity contribution in [2.75, 3.05) is 0 Å². The minimum absolute atomic E-state index is 1.03. The van der Waals surface area contributed by atoms with Crippen LogP contribution in [0.1, 0.15) is 0 Å². The topological polar surface area (TPSA) is 57.4 Å². The van der Waals surface area contributed by atoms with Crippen molar-refractivity contribution < 1.29 is 12.3 Å². The van der Waals surface area contributed by atoms with Crippen LogP contribution < -0.4 is 0 Å². The van der Waals surface area contributed by atoms with Gasteiger partial charge in [0.1, 0.15) is 0 Å². The predicted molar refractivity (Wildman–Crippen MR) is 95.6 cm³/mol. The van der Waals surface area contributed by atoms with Gasteiger partial charge in [-0.3, -0.25) is 0 Å². The molecule has 0 fully saturated rings. The molecule has 0 aliphatic rings. The Morgan fingerprint density at radius 2 is 1.00 bits per heavy atom. The Bertz CT molecular complexity index is 724. The summed E-state index contributed by atoms with van der Waals surface area (Å²) in [5.41, 5.74) is 4.24. The molecule has 0 bridgehead atoms. The number of hydrogen-bond donors (Lipinski definition) is 2. The number of rotatable bonds is 0. The van der Waals surface area contributed by atoms with Crippen molar-refractivity contribution in [2.24, 2.45) is 0 Å². The smallest absolute Gasteiger partial charge is 0.0931 e. The van der Waals surface area contributed by atoms with E-state index in [2.05, 4.69) is 19.9 Å². The van der Waals surface area contributed by atoms with Crippen LogP contribution in [0, 0.1) is 0 Å². The number of benzene rings is 2. The van der Waals surface area contributed by atoms with Gasteiger partial charge in [0.15, 0.2) is 0 Å². The van der Waals surface area contributed by atoms with E-state index in [0.717, 1.165) is 22.1 Å². The first kappa shape index (κ1) is 18.6. The fourth-order valence-electron chi connectivity index (χ4n) is 1.76. The number of hydrogen-bond acceptors (Lipinski definition) is 2. The molecular formula is C14H12Cl4N4Ti. The molecule has 9 heteroatoms. The van der Waals surface area contributed by atoms with Crippen molar-refractivity contribution >= 4 is 59.3 Å². The number of fused-ring (bicyclic) bond motifs is 2. The molecule has 0 saturated carbocycles. The van der Waals surface area contributed by atoms with Gasteiger partial charge < -0.3 is 9.97 Å². The average molecular weight is 426 g/mol. The molecule has 2 aromatic heterocycles. The monoisotopic (exact) mass is 424 g/mol. The van der Waals surface area contributed by atoms with E-state index in [4.69, 9.17) is 37.2 Å². The first-order valence-corrected chi connectivity index (χ1v) is 15.0. The third kappa shape index (κ3) is 7.13.